The van der Waals surface area contributed by atoms with Crippen molar-refractivity contribution in [1.82, 2.24) is 15.2 Å². The van der Waals surface area contributed by atoms with Gasteiger partial charge in [-0.25, -0.2) is 4.98 Å². The van der Waals surface area contributed by atoms with E-state index in [0.29, 0.717) is 23.4 Å². The second kappa shape index (κ2) is 4.71. The van der Waals surface area contributed by atoms with Crippen molar-refractivity contribution in [2.45, 2.75) is 18.9 Å². The normalized spacial score (nSPS) is 38.0. The number of piperidine rings is 3. The Hall–Kier alpha value is -1.13. The van der Waals surface area contributed by atoms with Crippen LogP contribution in [0, 0.1) is 17.8 Å². The summed E-state index contributed by atoms with van der Waals surface area (Å²) in [5, 5.41) is 3.52. The molecule has 4 heterocycles. The predicted molar refractivity (Wildman–Crippen MR) is 76.6 cm³/mol. The Morgan fingerprint density at radius 3 is 2.70 bits per heavy atom. The van der Waals surface area contributed by atoms with Crippen LogP contribution >= 0.6 is 11.6 Å². The van der Waals surface area contributed by atoms with Gasteiger partial charge in [-0.1, -0.05) is 11.6 Å². The van der Waals surface area contributed by atoms with Gasteiger partial charge in [0, 0.05) is 31.9 Å². The van der Waals surface area contributed by atoms with Gasteiger partial charge >= 0.3 is 0 Å². The molecule has 3 aliphatic heterocycles. The number of pyridine rings is 1. The summed E-state index contributed by atoms with van der Waals surface area (Å²) in [5.74, 6) is 2.00. The molecule has 2 atom stereocenters. The van der Waals surface area contributed by atoms with Gasteiger partial charge in [-0.15, -0.1) is 0 Å². The lowest BCUT2D eigenvalue weighted by molar-refractivity contribution is -0.0418. The van der Waals surface area contributed by atoms with Gasteiger partial charge in [0.15, 0.2) is 0 Å². The van der Waals surface area contributed by atoms with Crippen molar-refractivity contribution in [3.63, 3.8) is 0 Å². The minimum Gasteiger partial charge on any atom is -0.349 e. The van der Waals surface area contributed by atoms with Crippen molar-refractivity contribution in [3.8, 4) is 0 Å². The van der Waals surface area contributed by atoms with Gasteiger partial charge in [-0.05, 0) is 42.7 Å². The first-order valence-corrected chi connectivity index (χ1v) is 7.72. The number of carbonyl (C=O) groups excluding carboxylic acids is 1. The Morgan fingerprint density at radius 2 is 2.05 bits per heavy atom. The smallest absolute Gasteiger partial charge is 0.254 e. The van der Waals surface area contributed by atoms with E-state index in [1.807, 2.05) is 0 Å². The number of rotatable bonds is 2. The highest BCUT2D eigenvalue weighted by atomic mass is 35.5. The fraction of sp³-hybridized carbons (Fsp3) is 0.600. The maximum absolute atomic E-state index is 12.4. The first kappa shape index (κ1) is 12.6. The van der Waals surface area contributed by atoms with Crippen molar-refractivity contribution in [3.05, 3.63) is 29.0 Å². The molecule has 2 unspecified atom stereocenters. The third-order valence-electron chi connectivity index (χ3n) is 5.09. The molecule has 4 nitrogen and oxygen atoms in total. The molecule has 5 rings (SSSR count). The largest absolute Gasteiger partial charge is 0.349 e. The summed E-state index contributed by atoms with van der Waals surface area (Å²) in [6, 6.07) is 3.81. The number of hydrogen-bond donors (Lipinski definition) is 1. The van der Waals surface area contributed by atoms with Crippen LogP contribution in [0.3, 0.4) is 0 Å². The van der Waals surface area contributed by atoms with E-state index in [2.05, 4.69) is 15.2 Å². The molecule has 4 aliphatic rings. The molecule has 20 heavy (non-hydrogen) atoms. The highest BCUT2D eigenvalue weighted by Crippen LogP contribution is 2.43. The molecule has 4 fully saturated rings. The molecule has 0 aromatic carbocycles. The Bertz CT molecular complexity index is 520. The molecular formula is C15H18ClN3O. The maximum Gasteiger partial charge on any atom is 0.254 e. The van der Waals surface area contributed by atoms with E-state index in [4.69, 9.17) is 11.6 Å². The summed E-state index contributed by atoms with van der Waals surface area (Å²) < 4.78 is 0. The Kier molecular flexibility index (Phi) is 2.97. The van der Waals surface area contributed by atoms with Crippen LogP contribution in [-0.4, -0.2) is 41.5 Å². The Balaban J connectivity index is 1.52. The Morgan fingerprint density at radius 1 is 1.30 bits per heavy atom. The minimum atomic E-state index is -0.0735. The minimum absolute atomic E-state index is 0.0735. The summed E-state index contributed by atoms with van der Waals surface area (Å²) in [6.07, 6.45) is 4.13. The lowest BCUT2D eigenvalue weighted by Crippen LogP contribution is -2.64. The molecule has 1 N–H and O–H groups in total. The number of halogens is 1. The number of carbonyl (C=O) groups is 1. The van der Waals surface area contributed by atoms with Crippen molar-refractivity contribution in [1.29, 1.82) is 0 Å². The van der Waals surface area contributed by atoms with Crippen LogP contribution < -0.4 is 5.32 Å². The predicted octanol–water partition coefficient (Wildman–Crippen LogP) is 1.80. The van der Waals surface area contributed by atoms with E-state index < -0.39 is 0 Å². The summed E-state index contributed by atoms with van der Waals surface area (Å²) in [7, 11) is 0. The fourth-order valence-electron chi connectivity index (χ4n) is 4.43. The number of amides is 1. The topological polar surface area (TPSA) is 45.2 Å². The van der Waals surface area contributed by atoms with Crippen molar-refractivity contribution in [2.24, 2.45) is 17.8 Å². The highest BCUT2D eigenvalue weighted by Gasteiger charge is 2.47. The van der Waals surface area contributed by atoms with E-state index in [9.17, 15) is 4.79 Å². The first-order chi connectivity index (χ1) is 9.70. The number of nitrogens with zero attached hydrogens (tertiary/aromatic N) is 2. The fourth-order valence-corrected chi connectivity index (χ4v) is 4.63. The van der Waals surface area contributed by atoms with Crippen LogP contribution in [0.2, 0.25) is 5.15 Å². The molecule has 1 amide bonds. The highest BCUT2D eigenvalue weighted by molar-refractivity contribution is 6.32. The summed E-state index contributed by atoms with van der Waals surface area (Å²) in [6.45, 7) is 3.54. The molecule has 1 saturated carbocycles. The van der Waals surface area contributed by atoms with Gasteiger partial charge in [-0.2, -0.15) is 0 Å². The van der Waals surface area contributed by atoms with E-state index >= 15 is 0 Å². The van der Waals surface area contributed by atoms with Crippen LogP contribution in [0.1, 0.15) is 23.2 Å². The van der Waals surface area contributed by atoms with Crippen LogP contribution in [0.4, 0.5) is 0 Å². The van der Waals surface area contributed by atoms with Gasteiger partial charge in [0.25, 0.3) is 5.91 Å². The van der Waals surface area contributed by atoms with E-state index in [-0.39, 0.29) is 11.1 Å². The van der Waals surface area contributed by atoms with Gasteiger partial charge < -0.3 is 10.2 Å². The van der Waals surface area contributed by atoms with Crippen LogP contribution in [0.25, 0.3) is 0 Å². The Labute approximate surface area is 123 Å². The van der Waals surface area contributed by atoms with Crippen molar-refractivity contribution in [2.75, 3.05) is 19.6 Å². The zero-order valence-corrected chi connectivity index (χ0v) is 12.0. The number of nitrogens with one attached hydrogen (secondary N) is 1. The lowest BCUT2D eigenvalue weighted by Gasteiger charge is -2.55. The van der Waals surface area contributed by atoms with Gasteiger partial charge in [0.05, 0.1) is 5.56 Å². The molecule has 3 saturated heterocycles. The van der Waals surface area contributed by atoms with Gasteiger partial charge in [0.2, 0.25) is 0 Å². The van der Waals surface area contributed by atoms with E-state index in [1.165, 1.54) is 19.4 Å². The van der Waals surface area contributed by atoms with Crippen molar-refractivity contribution >= 4 is 17.5 Å². The number of hydrogen-bond acceptors (Lipinski definition) is 3. The van der Waals surface area contributed by atoms with Crippen LogP contribution in [0.15, 0.2) is 18.3 Å². The summed E-state index contributed by atoms with van der Waals surface area (Å²) >= 11 is 6.01. The third-order valence-corrected chi connectivity index (χ3v) is 5.39. The second-order valence-corrected chi connectivity index (χ2v) is 6.78. The monoisotopic (exact) mass is 291 g/mol. The van der Waals surface area contributed by atoms with Crippen LogP contribution in [0.5, 0.6) is 0 Å². The van der Waals surface area contributed by atoms with E-state index in [0.717, 1.165) is 19.0 Å². The number of aromatic nitrogens is 1. The molecule has 4 bridgehead atoms. The average molecular weight is 292 g/mol. The van der Waals surface area contributed by atoms with Crippen LogP contribution in [-0.2, 0) is 0 Å². The zero-order chi connectivity index (χ0) is 13.7. The lowest BCUT2D eigenvalue weighted by atomic mass is 9.65. The van der Waals surface area contributed by atoms with Gasteiger partial charge in [-0.3, -0.25) is 4.79 Å². The average Bonchev–Trinajstić information content (AvgIpc) is 2.42. The zero-order valence-electron chi connectivity index (χ0n) is 11.3. The molecule has 1 aliphatic carbocycles. The first-order valence-electron chi connectivity index (χ1n) is 7.34. The maximum atomic E-state index is 12.4. The molecule has 0 radical (unpaired) electrons. The molecule has 5 heteroatoms. The summed E-state index contributed by atoms with van der Waals surface area (Å²) in [5.41, 5.74) is 0.489. The standard InChI is InChI=1S/C15H18ClN3O/c16-14-12(2-1-3-17-14)15(20)18-13-10-4-9-5-11(13)8-19(6-9)7-10/h1-3,9-11,13H,4-8H2,(H,18,20). The second-order valence-electron chi connectivity index (χ2n) is 6.42. The molecular weight excluding hydrogens is 274 g/mol. The third kappa shape index (κ3) is 2.02. The quantitative estimate of drug-likeness (QED) is 0.845. The molecule has 0 spiro atoms. The van der Waals surface area contributed by atoms with Crippen molar-refractivity contribution < 1.29 is 4.79 Å². The summed E-state index contributed by atoms with van der Waals surface area (Å²) in [4.78, 5) is 19.0. The van der Waals surface area contributed by atoms with E-state index in [1.54, 1.807) is 18.3 Å². The molecule has 106 valence electrons. The SMILES string of the molecule is O=C(NC1C2CC3CC1CN(C3)C2)c1cccnc1Cl. The van der Waals surface area contributed by atoms with Gasteiger partial charge in [0.1, 0.15) is 5.15 Å². The molecule has 1 aromatic heterocycles. The molecule has 1 aromatic rings.